The monoisotopic (exact) mass is 400 g/mol. The summed E-state index contributed by atoms with van der Waals surface area (Å²) < 4.78 is 10.5. The minimum absolute atomic E-state index is 0.156. The van der Waals surface area contributed by atoms with E-state index < -0.39 is 0 Å². The van der Waals surface area contributed by atoms with Crippen LogP contribution >= 0.6 is 22.7 Å². The summed E-state index contributed by atoms with van der Waals surface area (Å²) in [6.45, 7) is 2.48. The molecule has 0 unspecified atom stereocenters. The first-order valence-corrected chi connectivity index (χ1v) is 9.97. The van der Waals surface area contributed by atoms with Crippen molar-refractivity contribution < 1.29 is 14.3 Å². The molecule has 0 bridgehead atoms. The van der Waals surface area contributed by atoms with Crippen molar-refractivity contribution in [3.8, 4) is 22.1 Å². The summed E-state index contributed by atoms with van der Waals surface area (Å²) in [4.78, 5) is 18.8. The van der Waals surface area contributed by atoms with Crippen LogP contribution in [0.5, 0.6) is 11.5 Å². The largest absolute Gasteiger partial charge is 0.497 e. The lowest BCUT2D eigenvalue weighted by atomic mass is 10.2. The Morgan fingerprint density at radius 3 is 2.56 bits per heavy atom. The molecule has 140 valence electrons. The molecule has 7 heteroatoms. The van der Waals surface area contributed by atoms with E-state index in [0.717, 1.165) is 26.0 Å². The van der Waals surface area contributed by atoms with E-state index in [1.54, 1.807) is 49.0 Å². The maximum absolute atomic E-state index is 12.1. The number of carbonyl (C=O) groups is 1. The van der Waals surface area contributed by atoms with E-state index in [1.807, 2.05) is 31.2 Å². The van der Waals surface area contributed by atoms with Crippen molar-refractivity contribution in [1.82, 2.24) is 10.3 Å². The van der Waals surface area contributed by atoms with Gasteiger partial charge in [-0.05, 0) is 42.8 Å². The average molecular weight is 401 g/mol. The lowest BCUT2D eigenvalue weighted by Gasteiger charge is -2.05. The predicted molar refractivity (Wildman–Crippen MR) is 111 cm³/mol. The Morgan fingerprint density at radius 2 is 1.93 bits per heavy atom. The van der Waals surface area contributed by atoms with Crippen molar-refractivity contribution in [3.05, 3.63) is 57.2 Å². The number of aryl methyl sites for hydroxylation is 1. The molecule has 0 radical (unpaired) electrons. The van der Waals surface area contributed by atoms with Crippen LogP contribution in [-0.4, -0.2) is 25.1 Å². The highest BCUT2D eigenvalue weighted by Crippen LogP contribution is 2.29. The highest BCUT2D eigenvalue weighted by Gasteiger charge is 2.07. The number of benzene rings is 1. The molecule has 3 aromatic rings. The molecule has 0 saturated heterocycles. The van der Waals surface area contributed by atoms with Crippen molar-refractivity contribution in [1.29, 1.82) is 0 Å². The van der Waals surface area contributed by atoms with Crippen LogP contribution in [-0.2, 0) is 11.3 Å². The number of amides is 1. The van der Waals surface area contributed by atoms with Gasteiger partial charge in [-0.2, -0.15) is 0 Å². The second-order valence-corrected chi connectivity index (χ2v) is 7.95. The Labute approximate surface area is 166 Å². The molecule has 0 aliphatic heterocycles. The van der Waals surface area contributed by atoms with E-state index in [0.29, 0.717) is 18.0 Å². The molecule has 0 aliphatic rings. The number of hydrogen-bond donors (Lipinski definition) is 1. The lowest BCUT2D eigenvalue weighted by Crippen LogP contribution is -2.19. The molecular weight excluding hydrogens is 380 g/mol. The normalized spacial score (nSPS) is 10.9. The van der Waals surface area contributed by atoms with Crippen molar-refractivity contribution in [3.63, 3.8) is 0 Å². The summed E-state index contributed by atoms with van der Waals surface area (Å²) >= 11 is 3.27. The molecule has 0 aliphatic carbocycles. The van der Waals surface area contributed by atoms with Gasteiger partial charge >= 0.3 is 0 Å². The van der Waals surface area contributed by atoms with Crippen LogP contribution in [0.2, 0.25) is 0 Å². The summed E-state index contributed by atoms with van der Waals surface area (Å²) in [5, 5.41) is 6.00. The van der Waals surface area contributed by atoms with E-state index in [9.17, 15) is 4.79 Å². The molecule has 0 spiro atoms. The standard InChI is InChI=1S/C20H20N2O3S2/c1-13-22-18(12-26-13)19-6-5-17(27-19)11-21-20(23)7-4-14-8-15(24-2)10-16(9-14)25-3/h4-10,12H,11H2,1-3H3,(H,21,23)/b7-4+. The van der Waals surface area contributed by atoms with Crippen molar-refractivity contribution >= 4 is 34.7 Å². The number of nitrogens with zero attached hydrogens (tertiary/aromatic N) is 1. The van der Waals surface area contributed by atoms with Gasteiger partial charge in [-0.25, -0.2) is 4.98 Å². The van der Waals surface area contributed by atoms with Gasteiger partial charge in [0.05, 0.1) is 36.3 Å². The third-order valence-corrected chi connectivity index (χ3v) is 5.65. The number of thiophene rings is 1. The zero-order valence-corrected chi connectivity index (χ0v) is 16.9. The molecule has 1 aromatic carbocycles. The summed E-state index contributed by atoms with van der Waals surface area (Å²) in [5.74, 6) is 1.20. The Bertz CT molecular complexity index is 938. The van der Waals surface area contributed by atoms with Crippen LogP contribution in [0.25, 0.3) is 16.6 Å². The maximum Gasteiger partial charge on any atom is 0.244 e. The van der Waals surface area contributed by atoms with Gasteiger partial charge in [-0.1, -0.05) is 0 Å². The van der Waals surface area contributed by atoms with Gasteiger partial charge in [-0.15, -0.1) is 22.7 Å². The number of hydrogen-bond acceptors (Lipinski definition) is 6. The number of nitrogens with one attached hydrogen (secondary N) is 1. The Kier molecular flexibility index (Phi) is 6.26. The molecule has 1 amide bonds. The molecule has 0 atom stereocenters. The Hall–Kier alpha value is -2.64. The SMILES string of the molecule is COc1cc(/C=C/C(=O)NCc2ccc(-c3csc(C)n3)s2)cc(OC)c1. The van der Waals surface area contributed by atoms with Crippen LogP contribution in [0.15, 0.2) is 41.8 Å². The fraction of sp³-hybridized carbons (Fsp3) is 0.200. The fourth-order valence-corrected chi connectivity index (χ4v) is 4.01. The quantitative estimate of drug-likeness (QED) is 0.592. The van der Waals surface area contributed by atoms with Crippen molar-refractivity contribution in [2.24, 2.45) is 0 Å². The summed E-state index contributed by atoms with van der Waals surface area (Å²) in [5.41, 5.74) is 1.82. The molecule has 1 N–H and O–H groups in total. The van der Waals surface area contributed by atoms with Gasteiger partial charge in [-0.3, -0.25) is 4.79 Å². The average Bonchev–Trinajstić information content (AvgIpc) is 3.33. The van der Waals surface area contributed by atoms with Gasteiger partial charge < -0.3 is 14.8 Å². The number of rotatable bonds is 7. The van der Waals surface area contributed by atoms with Gasteiger partial charge in [0.25, 0.3) is 0 Å². The first-order chi connectivity index (χ1) is 13.1. The summed E-state index contributed by atoms with van der Waals surface area (Å²) in [6, 6.07) is 9.53. The highest BCUT2D eigenvalue weighted by molar-refractivity contribution is 7.16. The maximum atomic E-state index is 12.1. The zero-order chi connectivity index (χ0) is 19.2. The van der Waals surface area contributed by atoms with Crippen LogP contribution in [0.1, 0.15) is 15.4 Å². The zero-order valence-electron chi connectivity index (χ0n) is 15.3. The van der Waals surface area contributed by atoms with Crippen LogP contribution in [0, 0.1) is 6.92 Å². The van der Waals surface area contributed by atoms with E-state index >= 15 is 0 Å². The molecule has 27 heavy (non-hydrogen) atoms. The van der Waals surface area contributed by atoms with Gasteiger partial charge in [0.2, 0.25) is 5.91 Å². The van der Waals surface area contributed by atoms with Gasteiger partial charge in [0.1, 0.15) is 11.5 Å². The minimum atomic E-state index is -0.156. The number of ether oxygens (including phenoxy) is 2. The predicted octanol–water partition coefficient (Wildman–Crippen LogP) is 4.53. The van der Waals surface area contributed by atoms with Crippen molar-refractivity contribution in [2.45, 2.75) is 13.5 Å². The molecule has 2 heterocycles. The number of thiazole rings is 1. The van der Waals surface area contributed by atoms with E-state index in [4.69, 9.17) is 9.47 Å². The molecular formula is C20H20N2O3S2. The second-order valence-electron chi connectivity index (χ2n) is 5.71. The number of methoxy groups -OCH3 is 2. The molecule has 3 rings (SSSR count). The van der Waals surface area contributed by atoms with E-state index in [-0.39, 0.29) is 5.91 Å². The molecule has 2 aromatic heterocycles. The summed E-state index contributed by atoms with van der Waals surface area (Å²) in [6.07, 6.45) is 3.24. The third-order valence-electron chi connectivity index (χ3n) is 3.77. The Balaban J connectivity index is 1.58. The van der Waals surface area contributed by atoms with Gasteiger partial charge in [0, 0.05) is 22.4 Å². The topological polar surface area (TPSA) is 60.5 Å². The van der Waals surface area contributed by atoms with Gasteiger partial charge in [0.15, 0.2) is 0 Å². The first kappa shape index (κ1) is 19.1. The van der Waals surface area contributed by atoms with E-state index in [2.05, 4.69) is 15.7 Å². The van der Waals surface area contributed by atoms with E-state index in [1.165, 1.54) is 6.08 Å². The Morgan fingerprint density at radius 1 is 1.19 bits per heavy atom. The molecule has 0 saturated carbocycles. The summed E-state index contributed by atoms with van der Waals surface area (Å²) in [7, 11) is 3.19. The second kappa shape index (κ2) is 8.83. The van der Waals surface area contributed by atoms with Crippen LogP contribution in [0.4, 0.5) is 0 Å². The minimum Gasteiger partial charge on any atom is -0.497 e. The molecule has 0 fully saturated rings. The number of aromatic nitrogens is 1. The highest BCUT2D eigenvalue weighted by atomic mass is 32.1. The third kappa shape index (κ3) is 5.18. The first-order valence-electron chi connectivity index (χ1n) is 8.27. The van der Waals surface area contributed by atoms with Crippen LogP contribution < -0.4 is 14.8 Å². The van der Waals surface area contributed by atoms with Crippen LogP contribution in [0.3, 0.4) is 0 Å². The lowest BCUT2D eigenvalue weighted by molar-refractivity contribution is -0.116. The smallest absolute Gasteiger partial charge is 0.244 e. The number of carbonyl (C=O) groups excluding carboxylic acids is 1. The molecule has 5 nitrogen and oxygen atoms in total. The fourth-order valence-electron chi connectivity index (χ4n) is 2.42. The van der Waals surface area contributed by atoms with Crippen molar-refractivity contribution in [2.75, 3.05) is 14.2 Å².